The highest BCUT2D eigenvalue weighted by atomic mass is 16.2. The van der Waals surface area contributed by atoms with Crippen LogP contribution in [0.3, 0.4) is 0 Å². The van der Waals surface area contributed by atoms with Gasteiger partial charge in [-0.25, -0.2) is 4.90 Å². The monoisotopic (exact) mass is 335 g/mol. The van der Waals surface area contributed by atoms with Crippen LogP contribution in [0.1, 0.15) is 49.7 Å². The van der Waals surface area contributed by atoms with Crippen LogP contribution in [-0.2, 0) is 9.59 Å². The van der Waals surface area contributed by atoms with Gasteiger partial charge in [0.1, 0.15) is 0 Å². The smallest absolute Gasteiger partial charge is 0.238 e. The standard InChI is InChI=1S/C22H25NO2/c1-12-9-10-18(13(2)11-12)23-21(24)19-16-7-3-5-14(16)15-6-4-8-17(15)20(19)22(23)25/h9-11,16-17,19-20H,3-8H2,1-2H3/t16-,17+,19-,20-/m0/s1. The Labute approximate surface area is 149 Å². The molecule has 25 heavy (non-hydrogen) atoms. The number of carbonyl (C=O) groups is 2. The first kappa shape index (κ1) is 15.4. The molecule has 1 aromatic carbocycles. The quantitative estimate of drug-likeness (QED) is 0.566. The first-order valence-corrected chi connectivity index (χ1v) is 9.75. The second-order valence-electron chi connectivity index (χ2n) is 8.40. The van der Waals surface area contributed by atoms with Crippen molar-refractivity contribution in [3.05, 3.63) is 40.5 Å². The summed E-state index contributed by atoms with van der Waals surface area (Å²) >= 11 is 0. The van der Waals surface area contributed by atoms with Gasteiger partial charge in [-0.1, -0.05) is 28.8 Å². The van der Waals surface area contributed by atoms with E-state index in [4.69, 9.17) is 0 Å². The predicted octanol–water partition coefficient (Wildman–Crippen LogP) is 4.32. The maximum absolute atomic E-state index is 13.4. The van der Waals surface area contributed by atoms with Gasteiger partial charge in [0, 0.05) is 0 Å². The minimum atomic E-state index is -0.0995. The molecule has 0 bridgehead atoms. The Hall–Kier alpha value is -1.90. The van der Waals surface area contributed by atoms with Crippen molar-refractivity contribution in [2.75, 3.05) is 4.90 Å². The molecule has 5 rings (SSSR count). The summed E-state index contributed by atoms with van der Waals surface area (Å²) in [4.78, 5) is 28.3. The lowest BCUT2D eigenvalue weighted by atomic mass is 9.66. The topological polar surface area (TPSA) is 37.4 Å². The number of carbonyl (C=O) groups excluding carboxylic acids is 2. The molecule has 0 N–H and O–H groups in total. The molecular weight excluding hydrogens is 310 g/mol. The minimum Gasteiger partial charge on any atom is -0.274 e. The van der Waals surface area contributed by atoms with Gasteiger partial charge in [-0.15, -0.1) is 0 Å². The third kappa shape index (κ3) is 1.98. The Bertz CT molecular complexity index is 779. The van der Waals surface area contributed by atoms with E-state index in [0.717, 1.165) is 42.5 Å². The van der Waals surface area contributed by atoms with Crippen LogP contribution in [-0.4, -0.2) is 11.8 Å². The molecule has 4 aliphatic rings. The van der Waals surface area contributed by atoms with E-state index in [0.29, 0.717) is 11.8 Å². The van der Waals surface area contributed by atoms with Gasteiger partial charge in [0.2, 0.25) is 11.8 Å². The molecule has 0 radical (unpaired) electrons. The number of hydrogen-bond acceptors (Lipinski definition) is 2. The summed E-state index contributed by atoms with van der Waals surface area (Å²) < 4.78 is 0. The van der Waals surface area contributed by atoms with Crippen LogP contribution < -0.4 is 4.90 Å². The first-order chi connectivity index (χ1) is 12.1. The van der Waals surface area contributed by atoms with E-state index in [-0.39, 0.29) is 23.7 Å². The van der Waals surface area contributed by atoms with Gasteiger partial charge in [-0.05, 0) is 75.8 Å². The third-order valence-corrected chi connectivity index (χ3v) is 7.09. The summed E-state index contributed by atoms with van der Waals surface area (Å²) in [6, 6.07) is 6.03. The van der Waals surface area contributed by atoms with Crippen molar-refractivity contribution in [2.45, 2.75) is 52.4 Å². The van der Waals surface area contributed by atoms with E-state index in [1.165, 1.54) is 12.8 Å². The number of fused-ring (bicyclic) bond motifs is 5. The molecule has 4 atom stereocenters. The Morgan fingerprint density at radius 2 is 1.44 bits per heavy atom. The molecule has 1 aliphatic heterocycles. The fourth-order valence-corrected chi connectivity index (χ4v) is 6.19. The van der Waals surface area contributed by atoms with E-state index in [1.807, 2.05) is 26.0 Å². The molecule has 1 saturated heterocycles. The zero-order chi connectivity index (χ0) is 17.3. The Morgan fingerprint density at radius 1 is 0.880 bits per heavy atom. The molecule has 1 aromatic rings. The number of allylic oxidation sites excluding steroid dienone is 2. The minimum absolute atomic E-state index is 0.0669. The summed E-state index contributed by atoms with van der Waals surface area (Å²) in [7, 11) is 0. The molecule has 3 fully saturated rings. The summed E-state index contributed by atoms with van der Waals surface area (Å²) in [6.45, 7) is 4.05. The van der Waals surface area contributed by atoms with Crippen molar-refractivity contribution in [1.29, 1.82) is 0 Å². The number of aryl methyl sites for hydroxylation is 2. The highest BCUT2D eigenvalue weighted by Gasteiger charge is 2.59. The average molecular weight is 335 g/mol. The maximum Gasteiger partial charge on any atom is 0.238 e. The molecule has 130 valence electrons. The molecule has 0 aromatic heterocycles. The highest BCUT2D eigenvalue weighted by molar-refractivity contribution is 6.23. The normalized spacial score (nSPS) is 33.8. The zero-order valence-corrected chi connectivity index (χ0v) is 15.0. The number of anilines is 1. The number of hydrogen-bond donors (Lipinski definition) is 0. The van der Waals surface area contributed by atoms with Gasteiger partial charge in [0.15, 0.2) is 0 Å². The Kier molecular flexibility index (Phi) is 3.25. The molecule has 2 amide bonds. The van der Waals surface area contributed by atoms with Crippen molar-refractivity contribution >= 4 is 17.5 Å². The number of benzene rings is 1. The molecule has 3 nitrogen and oxygen atoms in total. The summed E-state index contributed by atoms with van der Waals surface area (Å²) in [5, 5.41) is 0. The summed E-state index contributed by atoms with van der Waals surface area (Å²) in [6.07, 6.45) is 6.86. The van der Waals surface area contributed by atoms with Gasteiger partial charge in [0.25, 0.3) is 0 Å². The van der Waals surface area contributed by atoms with Crippen molar-refractivity contribution in [3.8, 4) is 0 Å². The van der Waals surface area contributed by atoms with Crippen LogP contribution in [0.4, 0.5) is 5.69 Å². The lowest BCUT2D eigenvalue weighted by Crippen LogP contribution is -2.35. The van der Waals surface area contributed by atoms with E-state index in [2.05, 4.69) is 6.07 Å². The maximum atomic E-state index is 13.4. The first-order valence-electron chi connectivity index (χ1n) is 9.75. The van der Waals surface area contributed by atoms with Crippen molar-refractivity contribution in [2.24, 2.45) is 23.7 Å². The van der Waals surface area contributed by atoms with Crippen molar-refractivity contribution in [1.82, 2.24) is 0 Å². The van der Waals surface area contributed by atoms with Gasteiger partial charge in [0.05, 0.1) is 17.5 Å². The van der Waals surface area contributed by atoms with Crippen LogP contribution >= 0.6 is 0 Å². The second kappa shape index (κ2) is 5.30. The van der Waals surface area contributed by atoms with Crippen LogP contribution in [0, 0.1) is 37.5 Å². The van der Waals surface area contributed by atoms with Gasteiger partial charge in [-0.2, -0.15) is 0 Å². The molecule has 1 heterocycles. The zero-order valence-electron chi connectivity index (χ0n) is 15.0. The summed E-state index contributed by atoms with van der Waals surface area (Å²) in [5.74, 6) is 0.604. The fraction of sp³-hybridized carbons (Fsp3) is 0.545. The average Bonchev–Trinajstić information content (AvgIpc) is 3.26. The van der Waals surface area contributed by atoms with Crippen LogP contribution in [0.2, 0.25) is 0 Å². The molecule has 0 unspecified atom stereocenters. The fourth-order valence-electron chi connectivity index (χ4n) is 6.19. The number of imide groups is 1. The number of nitrogens with zero attached hydrogens (tertiary/aromatic N) is 1. The molecule has 2 saturated carbocycles. The van der Waals surface area contributed by atoms with E-state index in [1.54, 1.807) is 16.0 Å². The van der Waals surface area contributed by atoms with Crippen molar-refractivity contribution < 1.29 is 9.59 Å². The number of amides is 2. The van der Waals surface area contributed by atoms with Crippen LogP contribution in [0.5, 0.6) is 0 Å². The SMILES string of the molecule is Cc1ccc(N2C(=O)[C@@H]3[C@@H](C2=O)[C@H]2CCCC2=C2CCC[C@H]23)c(C)c1. The second-order valence-corrected chi connectivity index (χ2v) is 8.40. The molecule has 0 spiro atoms. The summed E-state index contributed by atoms with van der Waals surface area (Å²) in [5.41, 5.74) is 6.11. The highest BCUT2D eigenvalue weighted by Crippen LogP contribution is 2.58. The Morgan fingerprint density at radius 3 is 1.96 bits per heavy atom. The predicted molar refractivity (Wildman–Crippen MR) is 97.1 cm³/mol. The van der Waals surface area contributed by atoms with Gasteiger partial charge in [-0.3, -0.25) is 9.59 Å². The van der Waals surface area contributed by atoms with Gasteiger partial charge >= 0.3 is 0 Å². The van der Waals surface area contributed by atoms with Gasteiger partial charge < -0.3 is 0 Å². The molecule has 3 aliphatic carbocycles. The molecule has 3 heteroatoms. The van der Waals surface area contributed by atoms with Crippen LogP contribution in [0.25, 0.3) is 0 Å². The van der Waals surface area contributed by atoms with E-state index in [9.17, 15) is 9.59 Å². The largest absolute Gasteiger partial charge is 0.274 e. The van der Waals surface area contributed by atoms with E-state index < -0.39 is 0 Å². The van der Waals surface area contributed by atoms with Crippen molar-refractivity contribution in [3.63, 3.8) is 0 Å². The van der Waals surface area contributed by atoms with Crippen LogP contribution in [0.15, 0.2) is 29.3 Å². The Balaban J connectivity index is 1.62. The number of rotatable bonds is 1. The molecular formula is C22H25NO2. The lowest BCUT2D eigenvalue weighted by molar-refractivity contribution is -0.122. The van der Waals surface area contributed by atoms with E-state index >= 15 is 0 Å². The lowest BCUT2D eigenvalue weighted by Gasteiger charge is -2.34. The third-order valence-electron chi connectivity index (χ3n) is 7.09.